The van der Waals surface area contributed by atoms with Crippen molar-refractivity contribution in [3.63, 3.8) is 0 Å². The minimum atomic E-state index is -1.07. The molecule has 2 N–H and O–H groups in total. The summed E-state index contributed by atoms with van der Waals surface area (Å²) in [5.74, 6) is -1.66. The van der Waals surface area contributed by atoms with Crippen LogP contribution in [0.3, 0.4) is 0 Å². The van der Waals surface area contributed by atoms with Gasteiger partial charge in [-0.05, 0) is 46.2 Å². The molecular formula is C20H19F2N7O. The third-order valence-corrected chi connectivity index (χ3v) is 5.02. The van der Waals surface area contributed by atoms with Crippen LogP contribution in [0.25, 0.3) is 22.6 Å². The van der Waals surface area contributed by atoms with Crippen LogP contribution < -0.4 is 5.73 Å². The Balaban J connectivity index is 1.71. The average molecular weight is 411 g/mol. The van der Waals surface area contributed by atoms with Crippen molar-refractivity contribution in [2.45, 2.75) is 19.8 Å². The maximum Gasteiger partial charge on any atom is 0.222 e. The summed E-state index contributed by atoms with van der Waals surface area (Å²) in [5.41, 5.74) is 8.12. The molecule has 3 aromatic rings. The summed E-state index contributed by atoms with van der Waals surface area (Å²) >= 11 is 0. The Hall–Kier alpha value is -3.69. The van der Waals surface area contributed by atoms with Gasteiger partial charge in [0, 0.05) is 25.7 Å². The maximum absolute atomic E-state index is 14.3. The van der Waals surface area contributed by atoms with Crippen molar-refractivity contribution in [2.24, 2.45) is 0 Å². The van der Waals surface area contributed by atoms with E-state index in [1.54, 1.807) is 17.2 Å². The highest BCUT2D eigenvalue weighted by molar-refractivity contribution is 5.79. The summed E-state index contributed by atoms with van der Waals surface area (Å²) in [7, 11) is 0. The first-order valence-corrected chi connectivity index (χ1v) is 9.45. The van der Waals surface area contributed by atoms with Gasteiger partial charge in [-0.25, -0.2) is 13.8 Å². The van der Waals surface area contributed by atoms with E-state index in [1.165, 1.54) is 12.1 Å². The second-order valence-electron chi connectivity index (χ2n) is 6.82. The molecule has 30 heavy (non-hydrogen) atoms. The summed E-state index contributed by atoms with van der Waals surface area (Å²) < 4.78 is 29.0. The van der Waals surface area contributed by atoms with E-state index in [4.69, 9.17) is 5.73 Å². The topological polar surface area (TPSA) is 103 Å². The molecule has 1 aliphatic rings. The molecule has 0 radical (unpaired) electrons. The van der Waals surface area contributed by atoms with Gasteiger partial charge in [0.05, 0.1) is 5.56 Å². The Morgan fingerprint density at radius 3 is 2.87 bits per heavy atom. The molecule has 3 heterocycles. The van der Waals surface area contributed by atoms with Crippen LogP contribution in [0.15, 0.2) is 36.5 Å². The number of hydrogen-bond donors (Lipinski definition) is 1. The monoisotopic (exact) mass is 411 g/mol. The minimum absolute atomic E-state index is 0.109. The van der Waals surface area contributed by atoms with Crippen LogP contribution >= 0.6 is 0 Å². The molecule has 4 rings (SSSR count). The average Bonchev–Trinajstić information content (AvgIpc) is 3.25. The van der Waals surface area contributed by atoms with Crippen molar-refractivity contribution in [3.05, 3.63) is 53.7 Å². The molecule has 0 spiro atoms. The quantitative estimate of drug-likeness (QED) is 0.708. The molecule has 1 aromatic carbocycles. The molecule has 0 atom stereocenters. The smallest absolute Gasteiger partial charge is 0.222 e. The van der Waals surface area contributed by atoms with Crippen LogP contribution in [0.4, 0.5) is 14.6 Å². The lowest BCUT2D eigenvalue weighted by molar-refractivity contribution is -0.130. The summed E-state index contributed by atoms with van der Waals surface area (Å²) in [6.45, 7) is 2.97. The van der Waals surface area contributed by atoms with Gasteiger partial charge in [0.15, 0.2) is 17.5 Å². The van der Waals surface area contributed by atoms with Gasteiger partial charge >= 0.3 is 0 Å². The van der Waals surface area contributed by atoms with E-state index in [0.29, 0.717) is 31.5 Å². The van der Waals surface area contributed by atoms with Gasteiger partial charge in [-0.3, -0.25) is 4.79 Å². The maximum atomic E-state index is 14.3. The number of nitrogens with two attached hydrogens (primary N) is 1. The zero-order valence-corrected chi connectivity index (χ0v) is 16.2. The molecule has 10 heteroatoms. The van der Waals surface area contributed by atoms with Crippen LogP contribution in [-0.4, -0.2) is 49.1 Å². The summed E-state index contributed by atoms with van der Waals surface area (Å²) in [6.07, 6.45) is 4.75. The van der Waals surface area contributed by atoms with Gasteiger partial charge in [0.2, 0.25) is 5.91 Å². The molecule has 8 nitrogen and oxygen atoms in total. The lowest BCUT2D eigenvalue weighted by atomic mass is 9.99. The fourth-order valence-electron chi connectivity index (χ4n) is 3.38. The zero-order chi connectivity index (χ0) is 21.3. The molecule has 0 saturated heterocycles. The number of hydrogen-bond acceptors (Lipinski definition) is 6. The molecule has 2 aromatic heterocycles. The number of carbonyl (C=O) groups is 1. The third-order valence-electron chi connectivity index (χ3n) is 5.02. The number of tetrazole rings is 1. The lowest BCUT2D eigenvalue weighted by Gasteiger charge is -2.26. The largest absolute Gasteiger partial charge is 0.383 e. The highest BCUT2D eigenvalue weighted by Crippen LogP contribution is 2.30. The minimum Gasteiger partial charge on any atom is -0.383 e. The van der Waals surface area contributed by atoms with Crippen molar-refractivity contribution in [2.75, 3.05) is 18.8 Å². The molecule has 154 valence electrons. The predicted molar refractivity (Wildman–Crippen MR) is 106 cm³/mol. The predicted octanol–water partition coefficient (Wildman–Crippen LogP) is 2.61. The number of pyridine rings is 1. The molecule has 0 saturated carbocycles. The molecule has 0 aliphatic carbocycles. The Kier molecular flexibility index (Phi) is 5.21. The molecule has 1 aliphatic heterocycles. The molecular weight excluding hydrogens is 392 g/mol. The standard InChI is InChI=1S/C20H19F2N7O/c1-2-17(30)28-8-6-12(7-9-28)13-10-14(19(23)24-11-13)20-25-26-27-29(20)16-5-3-4-15(21)18(16)22/h3-6,10-11H,2,7-9H2,1H3,(H2,23,24). The van der Waals surface area contributed by atoms with E-state index < -0.39 is 11.6 Å². The first-order valence-electron chi connectivity index (χ1n) is 9.45. The van der Waals surface area contributed by atoms with Gasteiger partial charge in [0.25, 0.3) is 0 Å². The van der Waals surface area contributed by atoms with E-state index in [2.05, 4.69) is 20.5 Å². The van der Waals surface area contributed by atoms with Gasteiger partial charge < -0.3 is 10.6 Å². The van der Waals surface area contributed by atoms with E-state index in [9.17, 15) is 13.6 Å². The van der Waals surface area contributed by atoms with Gasteiger partial charge in [0.1, 0.15) is 11.5 Å². The number of nitrogen functional groups attached to an aromatic ring is 1. The summed E-state index contributed by atoms with van der Waals surface area (Å²) in [4.78, 5) is 17.9. The van der Waals surface area contributed by atoms with Crippen LogP contribution in [0.2, 0.25) is 0 Å². The first kappa shape index (κ1) is 19.6. The third kappa shape index (κ3) is 3.51. The number of halogens is 2. The lowest BCUT2D eigenvalue weighted by Crippen LogP contribution is -2.34. The number of anilines is 1. The van der Waals surface area contributed by atoms with Gasteiger partial charge in [-0.15, -0.1) is 5.10 Å². The van der Waals surface area contributed by atoms with Crippen LogP contribution in [-0.2, 0) is 4.79 Å². The SMILES string of the molecule is CCC(=O)N1CC=C(c2cnc(N)c(-c3nnnn3-c3cccc(F)c3F)c2)CC1. The Morgan fingerprint density at radius 1 is 1.30 bits per heavy atom. The summed E-state index contributed by atoms with van der Waals surface area (Å²) in [5, 5.41) is 11.3. The fraction of sp³-hybridized carbons (Fsp3) is 0.250. The second-order valence-corrected chi connectivity index (χ2v) is 6.82. The van der Waals surface area contributed by atoms with Crippen molar-refractivity contribution in [3.8, 4) is 17.1 Å². The fourth-order valence-corrected chi connectivity index (χ4v) is 3.38. The molecule has 0 unspecified atom stereocenters. The van der Waals surface area contributed by atoms with E-state index in [1.807, 2.05) is 13.0 Å². The van der Waals surface area contributed by atoms with Crippen molar-refractivity contribution < 1.29 is 13.6 Å². The van der Waals surface area contributed by atoms with Crippen LogP contribution in [0.1, 0.15) is 25.3 Å². The number of rotatable bonds is 4. The van der Waals surface area contributed by atoms with E-state index in [-0.39, 0.29) is 23.2 Å². The Bertz CT molecular complexity index is 1140. The van der Waals surface area contributed by atoms with E-state index in [0.717, 1.165) is 21.9 Å². The first-order chi connectivity index (χ1) is 14.5. The number of amides is 1. The number of aromatic nitrogens is 5. The van der Waals surface area contributed by atoms with Crippen LogP contribution in [0.5, 0.6) is 0 Å². The molecule has 0 bridgehead atoms. The zero-order valence-electron chi connectivity index (χ0n) is 16.2. The number of carbonyl (C=O) groups excluding carboxylic acids is 1. The van der Waals surface area contributed by atoms with E-state index >= 15 is 0 Å². The van der Waals surface area contributed by atoms with Crippen LogP contribution in [0, 0.1) is 11.6 Å². The highest BCUT2D eigenvalue weighted by Gasteiger charge is 2.21. The van der Waals surface area contributed by atoms with Gasteiger partial charge in [-0.2, -0.15) is 4.68 Å². The molecule has 1 amide bonds. The van der Waals surface area contributed by atoms with Crippen molar-refractivity contribution in [1.82, 2.24) is 30.1 Å². The second kappa shape index (κ2) is 7.97. The highest BCUT2D eigenvalue weighted by atomic mass is 19.2. The van der Waals surface area contributed by atoms with Crippen molar-refractivity contribution in [1.29, 1.82) is 0 Å². The Labute approximate surface area is 171 Å². The van der Waals surface area contributed by atoms with Gasteiger partial charge in [-0.1, -0.05) is 19.1 Å². The Morgan fingerprint density at radius 2 is 2.13 bits per heavy atom. The van der Waals surface area contributed by atoms with Crippen molar-refractivity contribution >= 4 is 17.3 Å². The molecule has 0 fully saturated rings. The summed E-state index contributed by atoms with van der Waals surface area (Å²) in [6, 6.07) is 5.52. The normalized spacial score (nSPS) is 14.0. The number of nitrogens with zero attached hydrogens (tertiary/aromatic N) is 6. The number of benzene rings is 1.